The Hall–Kier alpha value is 0.1000. The third-order valence-corrected chi connectivity index (χ3v) is 5.30. The van der Waals surface area contributed by atoms with E-state index in [1.165, 1.54) is 0 Å². The monoisotopic (exact) mass is 338 g/mol. The third-order valence-electron chi connectivity index (χ3n) is 3.00. The van der Waals surface area contributed by atoms with Gasteiger partial charge in [-0.05, 0) is 0 Å². The molecular weight excluding hydrogens is 322 g/mol. The predicted molar refractivity (Wildman–Crippen MR) is 61.7 cm³/mol. The number of aliphatic hydroxyl groups excluding tert-OH is 3. The van der Waals surface area contributed by atoms with Crippen LogP contribution in [0.4, 0.5) is 0 Å². The van der Waals surface area contributed by atoms with Gasteiger partial charge in [-0.2, -0.15) is 0 Å². The molecule has 1 fully saturated rings. The average Bonchev–Trinajstić information content (AvgIpc) is 2.26. The zero-order valence-corrected chi connectivity index (χ0v) is 11.7. The highest BCUT2D eigenvalue weighted by molar-refractivity contribution is 7.54. The summed E-state index contributed by atoms with van der Waals surface area (Å²) in [7, 11) is -10.4. The summed E-state index contributed by atoms with van der Waals surface area (Å²) in [6.07, 6.45) is -9.57. The molecule has 1 heterocycles. The highest BCUT2D eigenvalue weighted by atomic mass is 31.2. The van der Waals surface area contributed by atoms with E-state index >= 15 is 0 Å². The Morgan fingerprint density at radius 1 is 1.10 bits per heavy atom. The van der Waals surface area contributed by atoms with Gasteiger partial charge in [0.1, 0.15) is 24.4 Å². The highest BCUT2D eigenvalue weighted by Gasteiger charge is 2.65. The largest absolute Gasteiger partial charge is 0.394 e. The van der Waals surface area contributed by atoms with E-state index < -0.39 is 57.7 Å². The molecule has 5 atom stereocenters. The van der Waals surface area contributed by atoms with Crippen molar-refractivity contribution < 1.29 is 53.9 Å². The summed E-state index contributed by atoms with van der Waals surface area (Å²) in [5.41, 5.74) is 0. The van der Waals surface area contributed by atoms with Gasteiger partial charge >= 0.3 is 15.2 Å². The fraction of sp³-hybridized carbons (Fsp3) is 1.00. The van der Waals surface area contributed by atoms with Gasteiger partial charge in [-0.1, -0.05) is 0 Å². The molecule has 0 bridgehead atoms. The second-order valence-corrected chi connectivity index (χ2v) is 7.95. The zero-order chi connectivity index (χ0) is 15.9. The van der Waals surface area contributed by atoms with Gasteiger partial charge in [0.05, 0.1) is 12.8 Å². The average molecular weight is 338 g/mol. The number of aliphatic hydroxyl groups is 4. The molecule has 0 aliphatic carbocycles. The molecule has 120 valence electrons. The Labute approximate surface area is 112 Å². The number of hydrogen-bond donors (Lipinski definition) is 8. The van der Waals surface area contributed by atoms with Crippen molar-refractivity contribution >= 4 is 15.2 Å². The van der Waals surface area contributed by atoms with E-state index in [0.717, 1.165) is 0 Å². The topological polar surface area (TPSA) is 205 Å². The molecule has 0 unspecified atom stereocenters. The van der Waals surface area contributed by atoms with Crippen molar-refractivity contribution in [2.45, 2.75) is 29.8 Å². The Morgan fingerprint density at radius 2 is 1.60 bits per heavy atom. The molecule has 11 nitrogen and oxygen atoms in total. The van der Waals surface area contributed by atoms with Gasteiger partial charge in [0.15, 0.2) is 0 Å². The fourth-order valence-electron chi connectivity index (χ4n) is 1.94. The van der Waals surface area contributed by atoms with E-state index in [-0.39, 0.29) is 0 Å². The molecule has 1 aliphatic heterocycles. The SMILES string of the molecule is O=P(O)(O)C[C@H]1O[C@H](CO)[C@@H](O)[C@H](O)[C@]1(O)P(=O)(O)O. The first kappa shape index (κ1) is 18.1. The molecule has 0 aromatic heterocycles. The minimum atomic E-state index is -5.53. The van der Waals surface area contributed by atoms with Crippen LogP contribution in [-0.4, -0.2) is 82.5 Å². The van der Waals surface area contributed by atoms with Crippen molar-refractivity contribution in [2.24, 2.45) is 0 Å². The maximum absolute atomic E-state index is 11.3. The molecule has 0 aromatic carbocycles. The van der Waals surface area contributed by atoms with Gasteiger partial charge in [-0.3, -0.25) is 9.13 Å². The van der Waals surface area contributed by atoms with Gasteiger partial charge in [0, 0.05) is 0 Å². The molecule has 0 spiro atoms. The molecule has 13 heteroatoms. The van der Waals surface area contributed by atoms with Crippen molar-refractivity contribution in [3.8, 4) is 0 Å². The molecule has 20 heavy (non-hydrogen) atoms. The van der Waals surface area contributed by atoms with Crippen molar-refractivity contribution in [1.82, 2.24) is 0 Å². The van der Waals surface area contributed by atoms with E-state index in [2.05, 4.69) is 0 Å². The standard InChI is InChI=1S/C7H16O11P2/c8-1-3-5(9)6(10)7(11,20(15,16)17)4(18-3)2-19(12,13)14/h3-6,8-11H,1-2H2,(H2,12,13,14)(H2,15,16,17)/t3-,4-,5-,6+,7-/m1/s1. The Balaban J connectivity index is 3.26. The zero-order valence-electron chi connectivity index (χ0n) is 9.92. The van der Waals surface area contributed by atoms with Gasteiger partial charge in [0.25, 0.3) is 0 Å². The van der Waals surface area contributed by atoms with Crippen LogP contribution in [0.2, 0.25) is 0 Å². The Kier molecular flexibility index (Phi) is 5.18. The van der Waals surface area contributed by atoms with Crippen LogP contribution in [0, 0.1) is 0 Å². The second kappa shape index (κ2) is 5.71. The number of hydrogen-bond acceptors (Lipinski definition) is 7. The van der Waals surface area contributed by atoms with Crippen molar-refractivity contribution in [1.29, 1.82) is 0 Å². The molecule has 0 aromatic rings. The summed E-state index contributed by atoms with van der Waals surface area (Å²) in [6, 6.07) is 0. The summed E-state index contributed by atoms with van der Waals surface area (Å²) < 4.78 is 27.0. The third kappa shape index (κ3) is 3.29. The Bertz CT molecular complexity index is 442. The quantitative estimate of drug-likeness (QED) is 0.236. The maximum atomic E-state index is 11.3. The molecule has 0 radical (unpaired) electrons. The smallest absolute Gasteiger partial charge is 0.362 e. The lowest BCUT2D eigenvalue weighted by Crippen LogP contribution is -2.67. The lowest BCUT2D eigenvalue weighted by molar-refractivity contribution is -0.244. The van der Waals surface area contributed by atoms with E-state index in [4.69, 9.17) is 29.4 Å². The second-order valence-electron chi connectivity index (χ2n) is 4.46. The van der Waals surface area contributed by atoms with Crippen molar-refractivity contribution in [2.75, 3.05) is 12.8 Å². The molecule has 1 saturated heterocycles. The van der Waals surface area contributed by atoms with Gasteiger partial charge in [-0.25, -0.2) is 0 Å². The van der Waals surface area contributed by atoms with Gasteiger partial charge in [0.2, 0.25) is 5.34 Å². The minimum absolute atomic E-state index is 0.896. The first-order chi connectivity index (χ1) is 8.84. The normalized spacial score (nSPS) is 39.8. The van der Waals surface area contributed by atoms with Crippen LogP contribution in [-0.2, 0) is 13.9 Å². The van der Waals surface area contributed by atoms with Crippen LogP contribution in [0.3, 0.4) is 0 Å². The van der Waals surface area contributed by atoms with Gasteiger partial charge < -0.3 is 44.7 Å². The fourth-order valence-corrected chi connectivity index (χ4v) is 3.91. The van der Waals surface area contributed by atoms with Crippen LogP contribution < -0.4 is 0 Å². The maximum Gasteiger partial charge on any atom is 0.362 e. The van der Waals surface area contributed by atoms with E-state index in [1.807, 2.05) is 0 Å². The summed E-state index contributed by atoms with van der Waals surface area (Å²) in [6.45, 7) is -0.896. The molecular formula is C7H16O11P2. The molecule has 0 saturated carbocycles. The van der Waals surface area contributed by atoms with Crippen LogP contribution in [0.15, 0.2) is 0 Å². The lowest BCUT2D eigenvalue weighted by atomic mass is 9.95. The van der Waals surface area contributed by atoms with Crippen LogP contribution in [0.5, 0.6) is 0 Å². The number of ether oxygens (including phenoxy) is 1. The lowest BCUT2D eigenvalue weighted by Gasteiger charge is -2.47. The molecule has 0 amide bonds. The minimum Gasteiger partial charge on any atom is -0.394 e. The van der Waals surface area contributed by atoms with Crippen LogP contribution in [0.25, 0.3) is 0 Å². The van der Waals surface area contributed by atoms with Crippen LogP contribution >= 0.6 is 15.2 Å². The Morgan fingerprint density at radius 3 is 1.95 bits per heavy atom. The predicted octanol–water partition coefficient (Wildman–Crippen LogP) is -3.49. The first-order valence-electron chi connectivity index (χ1n) is 5.29. The summed E-state index contributed by atoms with van der Waals surface area (Å²) in [4.78, 5) is 35.9. The summed E-state index contributed by atoms with van der Waals surface area (Å²) >= 11 is 0. The van der Waals surface area contributed by atoms with Crippen molar-refractivity contribution in [3.05, 3.63) is 0 Å². The van der Waals surface area contributed by atoms with E-state index in [1.54, 1.807) is 0 Å². The van der Waals surface area contributed by atoms with Crippen LogP contribution in [0.1, 0.15) is 0 Å². The van der Waals surface area contributed by atoms with E-state index in [9.17, 15) is 24.4 Å². The van der Waals surface area contributed by atoms with Gasteiger partial charge in [-0.15, -0.1) is 0 Å². The van der Waals surface area contributed by atoms with E-state index in [0.29, 0.717) is 0 Å². The van der Waals surface area contributed by atoms with Crippen molar-refractivity contribution in [3.63, 3.8) is 0 Å². The molecule has 8 N–H and O–H groups in total. The summed E-state index contributed by atoms with van der Waals surface area (Å²) in [5, 5.41) is 34.6. The summed E-state index contributed by atoms with van der Waals surface area (Å²) in [5.74, 6) is 0. The first-order valence-corrected chi connectivity index (χ1v) is 8.70. The number of rotatable bonds is 4. The molecule has 1 aliphatic rings. The highest BCUT2D eigenvalue weighted by Crippen LogP contribution is 2.58. The molecule has 1 rings (SSSR count).